The van der Waals surface area contributed by atoms with E-state index >= 15 is 0 Å². The van der Waals surface area contributed by atoms with Crippen molar-refractivity contribution < 1.29 is 4.79 Å². The van der Waals surface area contributed by atoms with E-state index in [1.165, 1.54) is 0 Å². The van der Waals surface area contributed by atoms with Gasteiger partial charge in [-0.25, -0.2) is 5.43 Å². The Morgan fingerprint density at radius 1 is 1.39 bits per heavy atom. The van der Waals surface area contributed by atoms with Crippen LogP contribution in [-0.4, -0.2) is 19.0 Å². The number of hydrogen-bond acceptors (Lipinski definition) is 3. The zero-order valence-electron chi connectivity index (χ0n) is 10.9. The number of carbonyl (C=O) groups is 1. The summed E-state index contributed by atoms with van der Waals surface area (Å²) in [4.78, 5) is 12.1. The first-order chi connectivity index (χ1) is 8.68. The molecule has 1 fully saturated rings. The number of rotatable bonds is 4. The monoisotopic (exact) mass is 247 g/mol. The molecule has 1 aromatic carbocycles. The zero-order valence-corrected chi connectivity index (χ0v) is 10.9. The molecule has 4 heteroatoms. The molecule has 1 aliphatic heterocycles. The molecule has 4 nitrogen and oxygen atoms in total. The van der Waals surface area contributed by atoms with Crippen molar-refractivity contribution in [1.29, 1.82) is 0 Å². The van der Waals surface area contributed by atoms with Crippen LogP contribution in [-0.2, 0) is 4.79 Å². The van der Waals surface area contributed by atoms with Crippen LogP contribution in [0.4, 0.5) is 0 Å². The summed E-state index contributed by atoms with van der Waals surface area (Å²) in [5, 5.41) is 3.00. The Bertz CT molecular complexity index is 391. The Kier molecular flexibility index (Phi) is 4.33. The average molecular weight is 247 g/mol. The normalized spacial score (nSPS) is 23.3. The predicted octanol–water partition coefficient (Wildman–Crippen LogP) is 1.22. The Morgan fingerprint density at radius 2 is 2.11 bits per heavy atom. The molecule has 0 aromatic heterocycles. The van der Waals surface area contributed by atoms with Gasteiger partial charge in [-0.15, -0.1) is 0 Å². The van der Waals surface area contributed by atoms with Crippen LogP contribution in [0.25, 0.3) is 0 Å². The van der Waals surface area contributed by atoms with Crippen molar-refractivity contribution in [2.75, 3.05) is 13.1 Å². The van der Waals surface area contributed by atoms with Gasteiger partial charge in [0.05, 0.1) is 12.0 Å². The summed E-state index contributed by atoms with van der Waals surface area (Å²) in [5.74, 6) is 0.549. The minimum absolute atomic E-state index is 0.0499. The van der Waals surface area contributed by atoms with Gasteiger partial charge in [-0.05, 0) is 11.5 Å². The summed E-state index contributed by atoms with van der Waals surface area (Å²) in [6.45, 7) is 5.60. The third-order valence-corrected chi connectivity index (χ3v) is 3.16. The highest BCUT2D eigenvalue weighted by Gasteiger charge is 2.33. The number of hydrogen-bond donors (Lipinski definition) is 3. The molecule has 1 saturated heterocycles. The summed E-state index contributed by atoms with van der Waals surface area (Å²) in [7, 11) is 0. The van der Waals surface area contributed by atoms with Crippen LogP contribution in [0.1, 0.15) is 25.5 Å². The lowest BCUT2D eigenvalue weighted by molar-refractivity contribution is -0.125. The highest BCUT2D eigenvalue weighted by atomic mass is 16.2. The second kappa shape index (κ2) is 5.98. The number of nitrogens with one attached hydrogen (secondary N) is 3. The fourth-order valence-corrected chi connectivity index (χ4v) is 2.15. The van der Waals surface area contributed by atoms with Gasteiger partial charge < -0.3 is 5.32 Å². The van der Waals surface area contributed by atoms with Gasteiger partial charge in [-0.1, -0.05) is 44.2 Å². The molecule has 1 heterocycles. The first-order valence-corrected chi connectivity index (χ1v) is 6.49. The second-order valence-corrected chi connectivity index (χ2v) is 5.16. The molecular formula is C14H21N3O. The first kappa shape index (κ1) is 13.1. The molecule has 0 aliphatic carbocycles. The third kappa shape index (κ3) is 3.09. The van der Waals surface area contributed by atoms with Gasteiger partial charge in [0, 0.05) is 13.1 Å². The van der Waals surface area contributed by atoms with E-state index in [9.17, 15) is 4.79 Å². The van der Waals surface area contributed by atoms with Crippen molar-refractivity contribution in [3.63, 3.8) is 0 Å². The predicted molar refractivity (Wildman–Crippen MR) is 71.7 cm³/mol. The lowest BCUT2D eigenvalue weighted by Gasteiger charge is -2.19. The van der Waals surface area contributed by atoms with Crippen LogP contribution < -0.4 is 16.2 Å². The van der Waals surface area contributed by atoms with Crippen LogP contribution in [0.15, 0.2) is 30.3 Å². The van der Waals surface area contributed by atoms with E-state index in [0.29, 0.717) is 12.5 Å². The molecule has 18 heavy (non-hydrogen) atoms. The third-order valence-electron chi connectivity index (χ3n) is 3.16. The summed E-state index contributed by atoms with van der Waals surface area (Å²) in [6.07, 6.45) is 0. The highest BCUT2D eigenvalue weighted by Crippen LogP contribution is 2.24. The maximum absolute atomic E-state index is 12.1. The quantitative estimate of drug-likeness (QED) is 0.750. The largest absolute Gasteiger partial charge is 0.356 e. The number of amides is 1. The average Bonchev–Trinajstić information content (AvgIpc) is 2.86. The van der Waals surface area contributed by atoms with Crippen molar-refractivity contribution in [2.45, 2.75) is 19.9 Å². The molecule has 1 amide bonds. The molecule has 0 saturated carbocycles. The SMILES string of the molecule is CC(C)CNC(=O)C1CNNC1c1ccccc1. The van der Waals surface area contributed by atoms with E-state index in [1.807, 2.05) is 30.3 Å². The van der Waals surface area contributed by atoms with E-state index in [0.717, 1.165) is 12.1 Å². The van der Waals surface area contributed by atoms with E-state index in [2.05, 4.69) is 30.0 Å². The maximum Gasteiger partial charge on any atom is 0.226 e. The van der Waals surface area contributed by atoms with Gasteiger partial charge >= 0.3 is 0 Å². The van der Waals surface area contributed by atoms with E-state index < -0.39 is 0 Å². The number of carbonyl (C=O) groups excluding carboxylic acids is 1. The van der Waals surface area contributed by atoms with Gasteiger partial charge in [0.25, 0.3) is 0 Å². The fraction of sp³-hybridized carbons (Fsp3) is 0.500. The minimum Gasteiger partial charge on any atom is -0.356 e. The molecule has 1 aliphatic rings. The molecular weight excluding hydrogens is 226 g/mol. The van der Waals surface area contributed by atoms with Gasteiger partial charge in [-0.3, -0.25) is 10.2 Å². The van der Waals surface area contributed by atoms with Crippen molar-refractivity contribution in [3.8, 4) is 0 Å². The Labute approximate surface area is 108 Å². The van der Waals surface area contributed by atoms with Gasteiger partial charge in [-0.2, -0.15) is 0 Å². The molecule has 2 atom stereocenters. The zero-order chi connectivity index (χ0) is 13.0. The highest BCUT2D eigenvalue weighted by molar-refractivity contribution is 5.80. The van der Waals surface area contributed by atoms with Crippen LogP contribution in [0.2, 0.25) is 0 Å². The molecule has 2 rings (SSSR count). The lowest BCUT2D eigenvalue weighted by atomic mass is 9.94. The summed E-state index contributed by atoms with van der Waals surface area (Å²) >= 11 is 0. The molecule has 2 unspecified atom stereocenters. The van der Waals surface area contributed by atoms with E-state index in [-0.39, 0.29) is 17.9 Å². The van der Waals surface area contributed by atoms with Gasteiger partial charge in [0.2, 0.25) is 5.91 Å². The fourth-order valence-electron chi connectivity index (χ4n) is 2.15. The minimum atomic E-state index is -0.0499. The standard InChI is InChI=1S/C14H21N3O/c1-10(2)8-15-14(18)12-9-16-17-13(12)11-6-4-3-5-7-11/h3-7,10,12-13,16-17H,8-9H2,1-2H3,(H,15,18). The molecule has 0 spiro atoms. The van der Waals surface area contributed by atoms with Crippen LogP contribution in [0, 0.1) is 11.8 Å². The topological polar surface area (TPSA) is 53.2 Å². The Hall–Kier alpha value is -1.39. The summed E-state index contributed by atoms with van der Waals surface area (Å²) < 4.78 is 0. The van der Waals surface area contributed by atoms with E-state index in [1.54, 1.807) is 0 Å². The summed E-state index contributed by atoms with van der Waals surface area (Å²) in [5.41, 5.74) is 7.40. The van der Waals surface area contributed by atoms with Crippen molar-refractivity contribution in [1.82, 2.24) is 16.2 Å². The second-order valence-electron chi connectivity index (χ2n) is 5.16. The van der Waals surface area contributed by atoms with Crippen LogP contribution in [0.3, 0.4) is 0 Å². The van der Waals surface area contributed by atoms with Gasteiger partial charge in [0.1, 0.15) is 0 Å². The number of benzene rings is 1. The lowest BCUT2D eigenvalue weighted by Crippen LogP contribution is -2.36. The molecule has 98 valence electrons. The van der Waals surface area contributed by atoms with Gasteiger partial charge in [0.15, 0.2) is 0 Å². The molecule has 3 N–H and O–H groups in total. The molecule has 0 bridgehead atoms. The van der Waals surface area contributed by atoms with Crippen molar-refractivity contribution in [3.05, 3.63) is 35.9 Å². The summed E-state index contributed by atoms with van der Waals surface area (Å²) in [6, 6.07) is 10.1. The van der Waals surface area contributed by atoms with Crippen molar-refractivity contribution >= 4 is 5.91 Å². The van der Waals surface area contributed by atoms with E-state index in [4.69, 9.17) is 0 Å². The molecule has 1 aromatic rings. The first-order valence-electron chi connectivity index (χ1n) is 6.49. The molecule has 0 radical (unpaired) electrons. The Balaban J connectivity index is 2.01. The van der Waals surface area contributed by atoms with Crippen molar-refractivity contribution in [2.24, 2.45) is 11.8 Å². The van der Waals surface area contributed by atoms with Crippen LogP contribution >= 0.6 is 0 Å². The maximum atomic E-state index is 12.1. The Morgan fingerprint density at radius 3 is 2.78 bits per heavy atom. The number of hydrazine groups is 1. The smallest absolute Gasteiger partial charge is 0.226 e. The van der Waals surface area contributed by atoms with Crippen LogP contribution in [0.5, 0.6) is 0 Å².